The molecule has 0 unspecified atom stereocenters. The summed E-state index contributed by atoms with van der Waals surface area (Å²) in [5.74, 6) is -0.432. The van der Waals surface area contributed by atoms with E-state index in [0.29, 0.717) is 17.7 Å². The van der Waals surface area contributed by atoms with E-state index in [9.17, 15) is 15.2 Å². The zero-order valence-corrected chi connectivity index (χ0v) is 20.6. The van der Waals surface area contributed by atoms with Gasteiger partial charge < -0.3 is 5.11 Å². The van der Waals surface area contributed by atoms with Gasteiger partial charge in [0.05, 0.1) is 0 Å². The minimum absolute atomic E-state index is 0.0506. The maximum atomic E-state index is 12.5. The molecule has 0 saturated carbocycles. The zero-order valence-electron chi connectivity index (χ0n) is 20.6. The van der Waals surface area contributed by atoms with Crippen LogP contribution in [0.3, 0.4) is 0 Å². The lowest BCUT2D eigenvalue weighted by Gasteiger charge is -2.03. The lowest BCUT2D eigenvalue weighted by Crippen LogP contribution is -2.10. The number of benzene rings is 1. The summed E-state index contributed by atoms with van der Waals surface area (Å²) >= 11 is 0. The van der Waals surface area contributed by atoms with Crippen molar-refractivity contribution in [2.75, 3.05) is 6.54 Å². The van der Waals surface area contributed by atoms with Crippen molar-refractivity contribution in [1.82, 2.24) is 0 Å². The van der Waals surface area contributed by atoms with E-state index >= 15 is 0 Å². The quantitative estimate of drug-likeness (QED) is 0.180. The van der Waals surface area contributed by atoms with Crippen molar-refractivity contribution >= 4 is 17.3 Å². The molecule has 0 heterocycles. The molecule has 0 aromatic heterocycles. The number of unbranched alkanes of at least 4 members (excludes halogenated alkanes) is 15. The Kier molecular flexibility index (Phi) is 13.2. The number of hydrogen-bond donors (Lipinski definition) is 1. The van der Waals surface area contributed by atoms with Gasteiger partial charge in [0, 0.05) is 17.7 Å². The topological polar surface area (TPSA) is 73.4 Å². The second-order valence-corrected chi connectivity index (χ2v) is 9.24. The molecule has 1 N–H and O–H groups in total. The first-order valence-corrected chi connectivity index (χ1v) is 13.2. The standard InChI is InChI=1S/C29H42N2O2/c1-2-3-4-5-6-7-8-9-10-11-12-13-14-15-16-19-22-31-26(23-30)27-28(32)24-20-17-18-21-25(24)29(27)33/h17-18,20-21,32H,2-16,19,22H2,1H3. The summed E-state index contributed by atoms with van der Waals surface area (Å²) in [6.07, 6.45) is 21.0. The number of hydrogen-bond acceptors (Lipinski definition) is 4. The van der Waals surface area contributed by atoms with Gasteiger partial charge in [0.25, 0.3) is 0 Å². The first-order chi connectivity index (χ1) is 16.2. The maximum absolute atomic E-state index is 12.5. The minimum Gasteiger partial charge on any atom is -0.506 e. The molecule has 33 heavy (non-hydrogen) atoms. The van der Waals surface area contributed by atoms with Crippen LogP contribution in [0.1, 0.15) is 126 Å². The van der Waals surface area contributed by atoms with E-state index in [1.54, 1.807) is 24.3 Å². The molecule has 0 amide bonds. The largest absolute Gasteiger partial charge is 0.506 e. The van der Waals surface area contributed by atoms with Gasteiger partial charge >= 0.3 is 0 Å². The van der Waals surface area contributed by atoms with E-state index in [-0.39, 0.29) is 22.8 Å². The van der Waals surface area contributed by atoms with Crippen molar-refractivity contribution in [1.29, 1.82) is 5.26 Å². The third-order valence-corrected chi connectivity index (χ3v) is 6.51. The smallest absolute Gasteiger partial charge is 0.200 e. The summed E-state index contributed by atoms with van der Waals surface area (Å²) < 4.78 is 0. The molecule has 0 saturated heterocycles. The van der Waals surface area contributed by atoms with E-state index in [4.69, 9.17) is 0 Å². The molecule has 0 spiro atoms. The number of nitriles is 1. The molecule has 0 aliphatic heterocycles. The fraction of sp³-hybridized carbons (Fsp3) is 0.621. The molecule has 0 radical (unpaired) electrons. The highest BCUT2D eigenvalue weighted by atomic mass is 16.3. The van der Waals surface area contributed by atoms with Crippen LogP contribution < -0.4 is 0 Å². The van der Waals surface area contributed by atoms with Crippen LogP contribution in [0.2, 0.25) is 0 Å². The molecule has 0 atom stereocenters. The van der Waals surface area contributed by atoms with Gasteiger partial charge in [0.2, 0.25) is 0 Å². The monoisotopic (exact) mass is 450 g/mol. The summed E-state index contributed by atoms with van der Waals surface area (Å²) in [6, 6.07) is 8.90. The summed E-state index contributed by atoms with van der Waals surface area (Å²) in [6.45, 7) is 2.79. The number of carbonyl (C=O) groups is 1. The predicted molar refractivity (Wildman–Crippen MR) is 138 cm³/mol. The highest BCUT2D eigenvalue weighted by molar-refractivity contribution is 6.39. The van der Waals surface area contributed by atoms with Gasteiger partial charge in [-0.3, -0.25) is 9.79 Å². The number of rotatable bonds is 18. The molecule has 4 nitrogen and oxygen atoms in total. The van der Waals surface area contributed by atoms with Gasteiger partial charge in [-0.05, 0) is 6.42 Å². The zero-order chi connectivity index (χ0) is 23.7. The number of aliphatic hydroxyl groups excluding tert-OH is 1. The lowest BCUT2D eigenvalue weighted by atomic mass is 10.0. The Labute approximate surface area is 200 Å². The normalized spacial score (nSPS) is 13.5. The number of Topliss-reactive ketones (excluding diaryl/α,β-unsaturated/α-hetero) is 1. The highest BCUT2D eigenvalue weighted by Gasteiger charge is 2.32. The Balaban J connectivity index is 1.50. The number of carbonyl (C=O) groups excluding carboxylic acids is 1. The number of ketones is 1. The third kappa shape index (κ3) is 9.16. The summed E-state index contributed by atoms with van der Waals surface area (Å²) in [5, 5.41) is 19.8. The molecule has 1 aromatic rings. The number of nitrogens with zero attached hydrogens (tertiary/aromatic N) is 2. The Morgan fingerprint density at radius 1 is 0.788 bits per heavy atom. The highest BCUT2D eigenvalue weighted by Crippen LogP contribution is 2.31. The molecular weight excluding hydrogens is 408 g/mol. The third-order valence-electron chi connectivity index (χ3n) is 6.51. The Morgan fingerprint density at radius 2 is 1.24 bits per heavy atom. The van der Waals surface area contributed by atoms with Crippen LogP contribution in [0.15, 0.2) is 34.8 Å². The lowest BCUT2D eigenvalue weighted by molar-refractivity contribution is 0.104. The van der Waals surface area contributed by atoms with Crippen LogP contribution in [-0.4, -0.2) is 23.1 Å². The average molecular weight is 451 g/mol. The number of aliphatic hydroxyl groups is 1. The Morgan fingerprint density at radius 3 is 1.70 bits per heavy atom. The van der Waals surface area contributed by atoms with E-state index < -0.39 is 0 Å². The molecule has 0 bridgehead atoms. The van der Waals surface area contributed by atoms with Crippen LogP contribution >= 0.6 is 0 Å². The number of aliphatic imine (C=N–C) groups is 1. The molecular formula is C29H42N2O2. The van der Waals surface area contributed by atoms with Crippen molar-refractivity contribution in [3.63, 3.8) is 0 Å². The molecule has 1 aliphatic rings. The van der Waals surface area contributed by atoms with Crippen molar-refractivity contribution in [3.8, 4) is 6.07 Å². The van der Waals surface area contributed by atoms with E-state index in [0.717, 1.165) is 12.8 Å². The Bertz CT molecular complexity index is 832. The van der Waals surface area contributed by atoms with Crippen molar-refractivity contribution in [2.24, 2.45) is 4.99 Å². The second kappa shape index (κ2) is 16.2. The average Bonchev–Trinajstić information content (AvgIpc) is 3.09. The van der Waals surface area contributed by atoms with E-state index in [1.165, 1.54) is 89.9 Å². The second-order valence-electron chi connectivity index (χ2n) is 9.24. The van der Waals surface area contributed by atoms with Crippen LogP contribution in [-0.2, 0) is 0 Å². The van der Waals surface area contributed by atoms with Gasteiger partial charge in [0.1, 0.15) is 23.1 Å². The van der Waals surface area contributed by atoms with Crippen molar-refractivity contribution in [3.05, 3.63) is 41.0 Å². The van der Waals surface area contributed by atoms with Crippen molar-refractivity contribution in [2.45, 2.75) is 110 Å². The van der Waals surface area contributed by atoms with E-state index in [2.05, 4.69) is 11.9 Å². The molecule has 2 rings (SSSR count). The Hall–Kier alpha value is -2.41. The van der Waals surface area contributed by atoms with Gasteiger partial charge in [-0.1, -0.05) is 128 Å². The fourth-order valence-corrected chi connectivity index (χ4v) is 4.51. The number of fused-ring (bicyclic) bond motifs is 1. The molecule has 1 aromatic carbocycles. The molecule has 0 fully saturated rings. The minimum atomic E-state index is -0.310. The van der Waals surface area contributed by atoms with Gasteiger partial charge in [-0.15, -0.1) is 0 Å². The molecule has 1 aliphatic carbocycles. The van der Waals surface area contributed by atoms with Crippen LogP contribution in [0.25, 0.3) is 5.76 Å². The van der Waals surface area contributed by atoms with Crippen molar-refractivity contribution < 1.29 is 9.90 Å². The first-order valence-electron chi connectivity index (χ1n) is 13.2. The summed E-state index contributed by atoms with van der Waals surface area (Å²) in [7, 11) is 0. The van der Waals surface area contributed by atoms with Gasteiger partial charge in [0.15, 0.2) is 5.78 Å². The van der Waals surface area contributed by atoms with Gasteiger partial charge in [-0.25, -0.2) is 0 Å². The summed E-state index contributed by atoms with van der Waals surface area (Å²) in [5.41, 5.74) is 1.03. The number of allylic oxidation sites excluding steroid dienone is 1. The van der Waals surface area contributed by atoms with Crippen LogP contribution in [0.5, 0.6) is 0 Å². The molecule has 4 heteroatoms. The summed E-state index contributed by atoms with van der Waals surface area (Å²) in [4.78, 5) is 16.9. The SMILES string of the molecule is CCCCCCCCCCCCCCCCCCN=C(C#N)C1=C(O)c2ccccc2C1=O. The maximum Gasteiger partial charge on any atom is 0.200 e. The molecule has 180 valence electrons. The van der Waals surface area contributed by atoms with Crippen LogP contribution in [0, 0.1) is 11.3 Å². The van der Waals surface area contributed by atoms with Crippen LogP contribution in [0.4, 0.5) is 0 Å². The fourth-order valence-electron chi connectivity index (χ4n) is 4.51. The van der Waals surface area contributed by atoms with Gasteiger partial charge in [-0.2, -0.15) is 5.26 Å². The van der Waals surface area contributed by atoms with E-state index in [1.807, 2.05) is 6.07 Å². The predicted octanol–water partition coefficient (Wildman–Crippen LogP) is 8.38. The first kappa shape index (κ1) is 26.8.